The van der Waals surface area contributed by atoms with Crippen LogP contribution in [0.1, 0.15) is 19.9 Å². The van der Waals surface area contributed by atoms with E-state index in [9.17, 15) is 0 Å². The fourth-order valence-electron chi connectivity index (χ4n) is 1.67. The van der Waals surface area contributed by atoms with Gasteiger partial charge in [-0.3, -0.25) is 0 Å². The van der Waals surface area contributed by atoms with E-state index in [1.807, 2.05) is 22.8 Å². The zero-order valence-electron chi connectivity index (χ0n) is 8.36. The first-order chi connectivity index (χ1) is 6.59. The number of anilines is 2. The maximum absolute atomic E-state index is 5.82. The highest BCUT2D eigenvalue weighted by Gasteiger charge is 2.10. The number of nitrogens with two attached hydrogens (primary N) is 2. The molecule has 2 rings (SSSR count). The molecule has 0 aliphatic carbocycles. The fourth-order valence-corrected chi connectivity index (χ4v) is 1.67. The van der Waals surface area contributed by atoms with Crippen LogP contribution < -0.4 is 11.5 Å². The van der Waals surface area contributed by atoms with E-state index < -0.39 is 0 Å². The zero-order valence-corrected chi connectivity index (χ0v) is 8.36. The number of rotatable bonds is 1. The molecule has 0 amide bonds. The molecule has 0 spiro atoms. The third-order valence-electron chi connectivity index (χ3n) is 2.26. The Balaban J connectivity index is 2.79. The summed E-state index contributed by atoms with van der Waals surface area (Å²) in [5.41, 5.74) is 14.2. The van der Waals surface area contributed by atoms with Gasteiger partial charge in [-0.2, -0.15) is 0 Å². The van der Waals surface area contributed by atoms with E-state index in [2.05, 4.69) is 18.8 Å². The van der Waals surface area contributed by atoms with Crippen molar-refractivity contribution in [2.75, 3.05) is 11.5 Å². The van der Waals surface area contributed by atoms with Crippen molar-refractivity contribution in [1.82, 2.24) is 9.55 Å². The van der Waals surface area contributed by atoms with Crippen LogP contribution in [0.2, 0.25) is 0 Å². The molecule has 0 fully saturated rings. The van der Waals surface area contributed by atoms with Crippen LogP contribution in [0.4, 0.5) is 11.6 Å². The van der Waals surface area contributed by atoms with Crippen LogP contribution in [0.25, 0.3) is 11.0 Å². The number of hydrogen-bond donors (Lipinski definition) is 2. The lowest BCUT2D eigenvalue weighted by molar-refractivity contribution is 0.627. The van der Waals surface area contributed by atoms with Gasteiger partial charge < -0.3 is 16.0 Å². The van der Waals surface area contributed by atoms with Crippen LogP contribution >= 0.6 is 0 Å². The van der Waals surface area contributed by atoms with Crippen molar-refractivity contribution in [2.45, 2.75) is 19.9 Å². The van der Waals surface area contributed by atoms with Gasteiger partial charge in [-0.25, -0.2) is 4.98 Å². The molecule has 4 nitrogen and oxygen atoms in total. The minimum atomic E-state index is 0.293. The van der Waals surface area contributed by atoms with Gasteiger partial charge in [0.2, 0.25) is 5.95 Å². The number of fused-ring (bicyclic) bond motifs is 1. The summed E-state index contributed by atoms with van der Waals surface area (Å²) >= 11 is 0. The normalized spacial score (nSPS) is 11.4. The van der Waals surface area contributed by atoms with Crippen LogP contribution in [0.15, 0.2) is 18.2 Å². The Kier molecular flexibility index (Phi) is 1.84. The molecule has 0 aliphatic heterocycles. The van der Waals surface area contributed by atoms with Gasteiger partial charge in [-0.05, 0) is 32.0 Å². The molecule has 0 saturated heterocycles. The van der Waals surface area contributed by atoms with Gasteiger partial charge in [-0.1, -0.05) is 0 Å². The van der Waals surface area contributed by atoms with Crippen LogP contribution in [0, 0.1) is 0 Å². The van der Waals surface area contributed by atoms with Gasteiger partial charge >= 0.3 is 0 Å². The molecule has 2 aromatic rings. The number of nitrogens with zero attached hydrogens (tertiary/aromatic N) is 2. The van der Waals surface area contributed by atoms with Crippen LogP contribution in [-0.2, 0) is 0 Å². The van der Waals surface area contributed by atoms with Crippen molar-refractivity contribution in [1.29, 1.82) is 0 Å². The number of imidazole rings is 1. The molecule has 0 atom stereocenters. The fraction of sp³-hybridized carbons (Fsp3) is 0.300. The summed E-state index contributed by atoms with van der Waals surface area (Å²) in [6, 6.07) is 5.92. The Morgan fingerprint density at radius 3 is 2.64 bits per heavy atom. The van der Waals surface area contributed by atoms with Crippen LogP contribution in [0.5, 0.6) is 0 Å². The summed E-state index contributed by atoms with van der Waals surface area (Å²) in [6.07, 6.45) is 0. The molecule has 4 N–H and O–H groups in total. The molecule has 0 aliphatic rings. The lowest BCUT2D eigenvalue weighted by atomic mass is 10.2. The Hall–Kier alpha value is -1.71. The molecular formula is C10H14N4. The molecule has 4 heteroatoms. The van der Waals surface area contributed by atoms with Crippen LogP contribution in [-0.4, -0.2) is 9.55 Å². The summed E-state index contributed by atoms with van der Waals surface area (Å²) in [7, 11) is 0. The van der Waals surface area contributed by atoms with Gasteiger partial charge in [-0.15, -0.1) is 0 Å². The molecule has 74 valence electrons. The molecule has 0 bridgehead atoms. The molecule has 0 saturated carbocycles. The van der Waals surface area contributed by atoms with Crippen molar-refractivity contribution < 1.29 is 0 Å². The summed E-state index contributed by atoms with van der Waals surface area (Å²) in [5, 5.41) is 0. The second-order valence-corrected chi connectivity index (χ2v) is 3.68. The van der Waals surface area contributed by atoms with Gasteiger partial charge in [0.05, 0.1) is 11.0 Å². The Morgan fingerprint density at radius 1 is 1.29 bits per heavy atom. The standard InChI is InChI=1S/C10H14N4/c1-6(2)14-9-5-7(11)3-4-8(9)13-10(14)12/h3-6H,11H2,1-2H3,(H2,12,13). The molecular weight excluding hydrogens is 176 g/mol. The Labute approximate surface area is 82.5 Å². The number of nitrogen functional groups attached to an aromatic ring is 2. The van der Waals surface area contributed by atoms with E-state index in [0.29, 0.717) is 12.0 Å². The first kappa shape index (κ1) is 8.87. The lowest BCUT2D eigenvalue weighted by Gasteiger charge is -2.09. The minimum absolute atomic E-state index is 0.293. The van der Waals surface area contributed by atoms with Gasteiger partial charge in [0.25, 0.3) is 0 Å². The zero-order chi connectivity index (χ0) is 10.3. The monoisotopic (exact) mass is 190 g/mol. The SMILES string of the molecule is CC(C)n1c(N)nc2ccc(N)cc21. The highest BCUT2D eigenvalue weighted by Crippen LogP contribution is 2.23. The van der Waals surface area contributed by atoms with Crippen molar-refractivity contribution in [2.24, 2.45) is 0 Å². The maximum Gasteiger partial charge on any atom is 0.201 e. The van der Waals surface area contributed by atoms with Crippen LogP contribution in [0.3, 0.4) is 0 Å². The summed E-state index contributed by atoms with van der Waals surface area (Å²) in [6.45, 7) is 4.14. The van der Waals surface area contributed by atoms with Gasteiger partial charge in [0, 0.05) is 11.7 Å². The summed E-state index contributed by atoms with van der Waals surface area (Å²) in [5.74, 6) is 0.542. The second kappa shape index (κ2) is 2.90. The second-order valence-electron chi connectivity index (χ2n) is 3.68. The molecule has 1 aromatic carbocycles. The predicted molar refractivity (Wildman–Crippen MR) is 58.9 cm³/mol. The predicted octanol–water partition coefficient (Wildman–Crippen LogP) is 1.78. The average molecular weight is 190 g/mol. The van der Waals surface area contributed by atoms with Crippen molar-refractivity contribution >= 4 is 22.7 Å². The average Bonchev–Trinajstić information content (AvgIpc) is 2.40. The Morgan fingerprint density at radius 2 is 2.00 bits per heavy atom. The maximum atomic E-state index is 5.82. The van der Waals surface area contributed by atoms with E-state index >= 15 is 0 Å². The Bertz CT molecular complexity index is 470. The quantitative estimate of drug-likeness (QED) is 0.673. The number of aromatic nitrogens is 2. The first-order valence-corrected chi connectivity index (χ1v) is 4.62. The van der Waals surface area contributed by atoms with E-state index in [4.69, 9.17) is 11.5 Å². The van der Waals surface area contributed by atoms with Crippen molar-refractivity contribution in [3.8, 4) is 0 Å². The number of benzene rings is 1. The largest absolute Gasteiger partial charge is 0.399 e. The molecule has 1 aromatic heterocycles. The third-order valence-corrected chi connectivity index (χ3v) is 2.26. The van der Waals surface area contributed by atoms with Gasteiger partial charge in [0.1, 0.15) is 0 Å². The van der Waals surface area contributed by atoms with E-state index in [1.54, 1.807) is 0 Å². The highest BCUT2D eigenvalue weighted by atomic mass is 15.2. The number of hydrogen-bond acceptors (Lipinski definition) is 3. The smallest absolute Gasteiger partial charge is 0.201 e. The van der Waals surface area contributed by atoms with Gasteiger partial charge in [0.15, 0.2) is 0 Å². The third kappa shape index (κ3) is 1.19. The molecule has 14 heavy (non-hydrogen) atoms. The molecule has 0 radical (unpaired) electrons. The van der Waals surface area contributed by atoms with E-state index in [1.165, 1.54) is 0 Å². The van der Waals surface area contributed by atoms with Crippen molar-refractivity contribution in [3.63, 3.8) is 0 Å². The minimum Gasteiger partial charge on any atom is -0.399 e. The van der Waals surface area contributed by atoms with Crippen molar-refractivity contribution in [3.05, 3.63) is 18.2 Å². The summed E-state index contributed by atoms with van der Waals surface area (Å²) in [4.78, 5) is 4.26. The van der Waals surface area contributed by atoms with E-state index in [0.717, 1.165) is 16.7 Å². The molecule has 0 unspecified atom stereocenters. The highest BCUT2D eigenvalue weighted by molar-refractivity contribution is 5.81. The molecule has 1 heterocycles. The first-order valence-electron chi connectivity index (χ1n) is 4.62. The lowest BCUT2D eigenvalue weighted by Crippen LogP contribution is -2.05. The summed E-state index contributed by atoms with van der Waals surface area (Å²) < 4.78 is 1.98. The van der Waals surface area contributed by atoms with E-state index in [-0.39, 0.29) is 0 Å². The topological polar surface area (TPSA) is 69.9 Å².